The zero-order valence-corrected chi connectivity index (χ0v) is 19.6. The maximum absolute atomic E-state index is 14.3. The van der Waals surface area contributed by atoms with Gasteiger partial charge in [0.15, 0.2) is 5.43 Å². The molecule has 5 heteroatoms. The highest BCUT2D eigenvalue weighted by Crippen LogP contribution is 2.40. The summed E-state index contributed by atoms with van der Waals surface area (Å²) in [5.41, 5.74) is 2.21. The molecule has 0 saturated carbocycles. The maximum Gasteiger partial charge on any atom is 0.194 e. The zero-order valence-electron chi connectivity index (χ0n) is 17.2. The first-order chi connectivity index (χ1) is 15.6. The van der Waals surface area contributed by atoms with Crippen LogP contribution in [0.15, 0.2) is 76.0 Å². The molecular weight excluding hydrogens is 485 g/mol. The van der Waals surface area contributed by atoms with Gasteiger partial charge in [-0.1, -0.05) is 28.1 Å². The van der Waals surface area contributed by atoms with E-state index in [0.29, 0.717) is 16.2 Å². The van der Waals surface area contributed by atoms with Crippen molar-refractivity contribution in [3.05, 3.63) is 87.2 Å². The Balaban J connectivity index is 1.75. The van der Waals surface area contributed by atoms with Gasteiger partial charge >= 0.3 is 0 Å². The Morgan fingerprint density at radius 3 is 2.25 bits per heavy atom. The molecule has 2 heterocycles. The average molecular weight is 504 g/mol. The van der Waals surface area contributed by atoms with Crippen LogP contribution < -0.4 is 10.3 Å². The summed E-state index contributed by atoms with van der Waals surface area (Å²) in [5.74, 6) is -0.331. The lowest BCUT2D eigenvalue weighted by atomic mass is 10.1. The fraction of sp³-hybridized carbons (Fsp3) is 0.148. The van der Waals surface area contributed by atoms with Gasteiger partial charge in [-0.25, -0.2) is 4.39 Å². The predicted octanol–water partition coefficient (Wildman–Crippen LogP) is 7.74. The van der Waals surface area contributed by atoms with Gasteiger partial charge in [0.05, 0.1) is 0 Å². The smallest absolute Gasteiger partial charge is 0.194 e. The first kappa shape index (κ1) is 19.9. The highest BCUT2D eigenvalue weighted by atomic mass is 79.9. The Bertz CT molecular complexity index is 1570. The second-order valence-electron chi connectivity index (χ2n) is 8.30. The minimum absolute atomic E-state index is 0.0448. The third-order valence-electron chi connectivity index (χ3n) is 6.34. The molecule has 0 bridgehead atoms. The van der Waals surface area contributed by atoms with Crippen molar-refractivity contribution < 1.29 is 4.39 Å². The third-order valence-corrected chi connectivity index (χ3v) is 8.09. The standard InChI is InChI=1S/C27H19BrFNOS/c28-17-5-3-16(4-6-17)25-15-24-22-13-18(29)7-9-20(22)26(31)21-10-8-19(30-11-1-2-12-30)14-23(21)27(24)32-25/h3-10,13-15H,1-2,11-12H2. The molecule has 0 radical (unpaired) electrons. The Morgan fingerprint density at radius 1 is 0.781 bits per heavy atom. The monoisotopic (exact) mass is 503 g/mol. The number of nitrogens with zero attached hydrogens (tertiary/aromatic N) is 1. The molecule has 4 aromatic carbocycles. The Labute approximate surface area is 197 Å². The van der Waals surface area contributed by atoms with Gasteiger partial charge in [-0.15, -0.1) is 11.3 Å². The van der Waals surface area contributed by atoms with E-state index >= 15 is 0 Å². The summed E-state index contributed by atoms with van der Waals surface area (Å²) in [6.07, 6.45) is 2.39. The number of halogens is 2. The zero-order chi connectivity index (χ0) is 21.8. The van der Waals surface area contributed by atoms with Gasteiger partial charge in [0.2, 0.25) is 0 Å². The molecule has 1 saturated heterocycles. The molecule has 0 unspecified atom stereocenters. The summed E-state index contributed by atoms with van der Waals surface area (Å²) >= 11 is 5.17. The van der Waals surface area contributed by atoms with Crippen molar-refractivity contribution in [1.29, 1.82) is 0 Å². The molecular formula is C27H19BrFNOS. The van der Waals surface area contributed by atoms with Crippen molar-refractivity contribution in [1.82, 2.24) is 0 Å². The minimum atomic E-state index is -0.331. The van der Waals surface area contributed by atoms with Crippen molar-refractivity contribution in [2.45, 2.75) is 12.8 Å². The van der Waals surface area contributed by atoms with E-state index in [9.17, 15) is 9.18 Å². The van der Waals surface area contributed by atoms with Crippen LogP contribution in [0.5, 0.6) is 0 Å². The number of fused-ring (bicyclic) bond motifs is 5. The van der Waals surface area contributed by atoms with Gasteiger partial charge in [0.1, 0.15) is 5.82 Å². The van der Waals surface area contributed by atoms with Crippen molar-refractivity contribution in [2.75, 3.05) is 18.0 Å². The lowest BCUT2D eigenvalue weighted by Crippen LogP contribution is -2.17. The summed E-state index contributed by atoms with van der Waals surface area (Å²) in [6.45, 7) is 2.08. The summed E-state index contributed by atoms with van der Waals surface area (Å²) in [5, 5.41) is 3.78. The van der Waals surface area contributed by atoms with Crippen LogP contribution in [0.4, 0.5) is 10.1 Å². The molecule has 1 aliphatic rings. The van der Waals surface area contributed by atoms with Crippen LogP contribution in [0.3, 0.4) is 0 Å². The predicted molar refractivity (Wildman–Crippen MR) is 138 cm³/mol. The molecule has 0 spiro atoms. The van der Waals surface area contributed by atoms with Crippen molar-refractivity contribution >= 4 is 64.6 Å². The lowest BCUT2D eigenvalue weighted by molar-refractivity contribution is 0.630. The van der Waals surface area contributed by atoms with Crippen molar-refractivity contribution in [2.24, 2.45) is 0 Å². The molecule has 32 heavy (non-hydrogen) atoms. The average Bonchev–Trinajstić information content (AvgIpc) is 3.48. The molecule has 1 aliphatic heterocycles. The van der Waals surface area contributed by atoms with Gasteiger partial charge in [-0.3, -0.25) is 4.79 Å². The van der Waals surface area contributed by atoms with E-state index in [4.69, 9.17) is 0 Å². The van der Waals surface area contributed by atoms with E-state index in [1.54, 1.807) is 17.4 Å². The second kappa shape index (κ2) is 7.68. The largest absolute Gasteiger partial charge is 0.372 e. The minimum Gasteiger partial charge on any atom is -0.372 e. The highest BCUT2D eigenvalue weighted by molar-refractivity contribution is 9.10. The third kappa shape index (κ3) is 3.23. The number of thiophene rings is 1. The van der Waals surface area contributed by atoms with Crippen LogP contribution >= 0.6 is 27.3 Å². The van der Waals surface area contributed by atoms with E-state index in [1.165, 1.54) is 25.0 Å². The molecule has 5 aromatic rings. The van der Waals surface area contributed by atoms with E-state index in [0.717, 1.165) is 49.2 Å². The molecule has 0 atom stereocenters. The molecule has 0 N–H and O–H groups in total. The summed E-state index contributed by atoms with van der Waals surface area (Å²) < 4.78 is 16.4. The number of anilines is 1. The molecule has 2 nitrogen and oxygen atoms in total. The van der Waals surface area contributed by atoms with Gasteiger partial charge < -0.3 is 4.90 Å². The van der Waals surface area contributed by atoms with Crippen LogP contribution in [0.2, 0.25) is 0 Å². The highest BCUT2D eigenvalue weighted by Gasteiger charge is 2.17. The fourth-order valence-electron chi connectivity index (χ4n) is 4.72. The van der Waals surface area contributed by atoms with Crippen LogP contribution in [0, 0.1) is 5.82 Å². The van der Waals surface area contributed by atoms with Crippen molar-refractivity contribution in [3.63, 3.8) is 0 Å². The first-order valence-electron chi connectivity index (χ1n) is 10.7. The lowest BCUT2D eigenvalue weighted by Gasteiger charge is -2.17. The van der Waals surface area contributed by atoms with Crippen LogP contribution in [0.25, 0.3) is 42.1 Å². The van der Waals surface area contributed by atoms with Gasteiger partial charge in [-0.2, -0.15) is 0 Å². The van der Waals surface area contributed by atoms with E-state index in [2.05, 4.69) is 51.2 Å². The summed E-state index contributed by atoms with van der Waals surface area (Å²) in [7, 11) is 0. The fourth-order valence-corrected chi connectivity index (χ4v) is 6.19. The van der Waals surface area contributed by atoms with Crippen molar-refractivity contribution in [3.8, 4) is 10.4 Å². The Hall–Kier alpha value is -2.76. The molecule has 0 amide bonds. The topological polar surface area (TPSA) is 20.3 Å². The van der Waals surface area contributed by atoms with Gasteiger partial charge in [-0.05, 0) is 78.4 Å². The van der Waals surface area contributed by atoms with E-state index in [-0.39, 0.29) is 11.2 Å². The SMILES string of the molecule is O=c1c2ccc(F)cc2c2cc(-c3ccc(Br)cc3)sc2c2cc(N3CCCC3)ccc12. The molecule has 158 valence electrons. The molecule has 1 fully saturated rings. The molecule has 1 aromatic heterocycles. The van der Waals surface area contributed by atoms with Crippen LogP contribution in [0.1, 0.15) is 12.8 Å². The number of hydrogen-bond acceptors (Lipinski definition) is 3. The maximum atomic E-state index is 14.3. The number of benzene rings is 3. The Morgan fingerprint density at radius 2 is 1.47 bits per heavy atom. The van der Waals surface area contributed by atoms with Gasteiger partial charge in [0, 0.05) is 54.4 Å². The Kier molecular flexibility index (Phi) is 4.77. The number of hydrogen-bond donors (Lipinski definition) is 0. The number of rotatable bonds is 2. The summed E-state index contributed by atoms with van der Waals surface area (Å²) in [6, 6.07) is 21.0. The second-order valence-corrected chi connectivity index (χ2v) is 10.3. The molecule has 6 rings (SSSR count). The van der Waals surface area contributed by atoms with Gasteiger partial charge in [0.25, 0.3) is 0 Å². The quantitative estimate of drug-likeness (QED) is 0.245. The normalized spacial score (nSPS) is 14.1. The first-order valence-corrected chi connectivity index (χ1v) is 12.3. The van der Waals surface area contributed by atoms with E-state index in [1.807, 2.05) is 18.2 Å². The van der Waals surface area contributed by atoms with Crippen LogP contribution in [-0.4, -0.2) is 13.1 Å². The molecule has 0 aliphatic carbocycles. The van der Waals surface area contributed by atoms with Crippen LogP contribution in [-0.2, 0) is 0 Å². The van der Waals surface area contributed by atoms with E-state index < -0.39 is 0 Å². The summed E-state index contributed by atoms with van der Waals surface area (Å²) in [4.78, 5) is 17.0.